The van der Waals surface area contributed by atoms with Gasteiger partial charge in [0, 0.05) is 16.3 Å². The highest BCUT2D eigenvalue weighted by atomic mass is 19.4. The fourth-order valence-electron chi connectivity index (χ4n) is 2.45. The van der Waals surface area contributed by atoms with Crippen molar-refractivity contribution >= 4 is 10.8 Å². The molecule has 2 aromatic carbocycles. The molecule has 1 heterocycles. The zero-order valence-corrected chi connectivity index (χ0v) is 11.5. The van der Waals surface area contributed by atoms with Crippen LogP contribution in [0.4, 0.5) is 13.2 Å². The summed E-state index contributed by atoms with van der Waals surface area (Å²) in [4.78, 5) is 0. The molecule has 0 atom stereocenters. The standard InChI is InChI=1S/C17H10F3NO/c1-10-6-7-13-14(8-10)16(17(18,19)20)22-15(13)12-5-3-2-4-11(12)9-21/h2-8H,1H3. The van der Waals surface area contributed by atoms with Crippen LogP contribution in [-0.2, 0) is 6.18 Å². The van der Waals surface area contributed by atoms with Crippen LogP contribution in [0.2, 0.25) is 0 Å². The van der Waals surface area contributed by atoms with Crippen LogP contribution in [0.1, 0.15) is 16.9 Å². The summed E-state index contributed by atoms with van der Waals surface area (Å²) in [5.74, 6) is -0.964. The van der Waals surface area contributed by atoms with Gasteiger partial charge in [0.05, 0.1) is 11.6 Å². The second-order valence-corrected chi connectivity index (χ2v) is 4.96. The van der Waals surface area contributed by atoms with E-state index in [1.165, 1.54) is 6.07 Å². The van der Waals surface area contributed by atoms with E-state index in [1.54, 1.807) is 43.3 Å². The quantitative estimate of drug-likeness (QED) is 0.611. The van der Waals surface area contributed by atoms with E-state index in [2.05, 4.69) is 0 Å². The summed E-state index contributed by atoms with van der Waals surface area (Å²) in [6.45, 7) is 1.72. The third-order valence-electron chi connectivity index (χ3n) is 3.42. The second kappa shape index (κ2) is 4.92. The van der Waals surface area contributed by atoms with Crippen molar-refractivity contribution in [2.24, 2.45) is 0 Å². The Hall–Kier alpha value is -2.74. The van der Waals surface area contributed by atoms with Crippen LogP contribution in [0.5, 0.6) is 0 Å². The molecular formula is C17H10F3NO. The fourth-order valence-corrected chi connectivity index (χ4v) is 2.45. The Bertz CT molecular complexity index is 900. The molecule has 5 heteroatoms. The number of alkyl halides is 3. The SMILES string of the molecule is Cc1ccc2c(-c3ccccc3C#N)oc(C(F)(F)F)c2c1. The van der Waals surface area contributed by atoms with Crippen molar-refractivity contribution in [1.29, 1.82) is 5.26 Å². The Balaban J connectivity index is 2.39. The van der Waals surface area contributed by atoms with Gasteiger partial charge >= 0.3 is 6.18 Å². The summed E-state index contributed by atoms with van der Waals surface area (Å²) in [5, 5.41) is 9.51. The van der Waals surface area contributed by atoms with Gasteiger partial charge in [-0.05, 0) is 25.1 Å². The monoisotopic (exact) mass is 301 g/mol. The minimum atomic E-state index is -4.59. The molecule has 3 aromatic rings. The van der Waals surface area contributed by atoms with E-state index in [1.807, 2.05) is 6.07 Å². The summed E-state index contributed by atoms with van der Waals surface area (Å²) in [6.07, 6.45) is -4.59. The van der Waals surface area contributed by atoms with Gasteiger partial charge in [-0.2, -0.15) is 18.4 Å². The second-order valence-electron chi connectivity index (χ2n) is 4.96. The molecule has 0 saturated carbocycles. The molecule has 1 aromatic heterocycles. The maximum absolute atomic E-state index is 13.2. The first-order valence-electron chi connectivity index (χ1n) is 6.51. The smallest absolute Gasteiger partial charge is 0.450 e. The van der Waals surface area contributed by atoms with Crippen LogP contribution >= 0.6 is 0 Å². The average molecular weight is 301 g/mol. The van der Waals surface area contributed by atoms with Crippen LogP contribution in [0.15, 0.2) is 46.9 Å². The van der Waals surface area contributed by atoms with Gasteiger partial charge in [0.25, 0.3) is 0 Å². The lowest BCUT2D eigenvalue weighted by Crippen LogP contribution is -2.03. The zero-order chi connectivity index (χ0) is 15.9. The molecule has 0 aliphatic heterocycles. The van der Waals surface area contributed by atoms with Crippen molar-refractivity contribution in [3.8, 4) is 17.4 Å². The number of halogens is 3. The zero-order valence-electron chi connectivity index (χ0n) is 11.5. The van der Waals surface area contributed by atoms with Gasteiger partial charge in [-0.3, -0.25) is 0 Å². The Morgan fingerprint density at radius 1 is 1.05 bits per heavy atom. The number of rotatable bonds is 1. The summed E-state index contributed by atoms with van der Waals surface area (Å²) in [5.41, 5.74) is 1.33. The van der Waals surface area contributed by atoms with Gasteiger partial charge < -0.3 is 4.42 Å². The number of benzene rings is 2. The van der Waals surface area contributed by atoms with Gasteiger partial charge in [-0.1, -0.05) is 29.8 Å². The number of furan rings is 1. The number of fused-ring (bicyclic) bond motifs is 1. The Kier molecular flexibility index (Phi) is 3.18. The minimum absolute atomic E-state index is 0.00948. The van der Waals surface area contributed by atoms with Gasteiger partial charge in [-0.25, -0.2) is 0 Å². The summed E-state index contributed by atoms with van der Waals surface area (Å²) < 4.78 is 44.7. The summed E-state index contributed by atoms with van der Waals surface area (Å²) >= 11 is 0. The molecule has 0 radical (unpaired) electrons. The van der Waals surface area contributed by atoms with Gasteiger partial charge in [0.15, 0.2) is 0 Å². The van der Waals surface area contributed by atoms with E-state index >= 15 is 0 Å². The maximum atomic E-state index is 13.2. The summed E-state index contributed by atoms with van der Waals surface area (Å²) in [7, 11) is 0. The molecular weight excluding hydrogens is 291 g/mol. The van der Waals surface area contributed by atoms with E-state index < -0.39 is 11.9 Å². The van der Waals surface area contributed by atoms with Gasteiger partial charge in [0.2, 0.25) is 5.76 Å². The van der Waals surface area contributed by atoms with Crippen molar-refractivity contribution in [3.05, 3.63) is 59.4 Å². The van der Waals surface area contributed by atoms with Crippen LogP contribution in [0.25, 0.3) is 22.1 Å². The molecule has 22 heavy (non-hydrogen) atoms. The highest BCUT2D eigenvalue weighted by molar-refractivity contribution is 5.97. The number of hydrogen-bond donors (Lipinski definition) is 0. The van der Waals surface area contributed by atoms with Crippen molar-refractivity contribution < 1.29 is 17.6 Å². The van der Waals surface area contributed by atoms with Gasteiger partial charge in [0.1, 0.15) is 5.76 Å². The average Bonchev–Trinajstić information content (AvgIpc) is 2.85. The fraction of sp³-hybridized carbons (Fsp3) is 0.118. The van der Waals surface area contributed by atoms with E-state index in [0.717, 1.165) is 0 Å². The molecule has 0 spiro atoms. The van der Waals surface area contributed by atoms with Crippen molar-refractivity contribution in [3.63, 3.8) is 0 Å². The largest absolute Gasteiger partial charge is 0.450 e. The molecule has 110 valence electrons. The van der Waals surface area contributed by atoms with Crippen LogP contribution < -0.4 is 0 Å². The van der Waals surface area contributed by atoms with Crippen molar-refractivity contribution in [2.45, 2.75) is 13.1 Å². The molecule has 0 bridgehead atoms. The maximum Gasteiger partial charge on any atom is 0.450 e. The normalized spacial score (nSPS) is 11.6. The lowest BCUT2D eigenvalue weighted by atomic mass is 10.0. The van der Waals surface area contributed by atoms with E-state index in [4.69, 9.17) is 9.68 Å². The number of aryl methyl sites for hydroxylation is 1. The number of nitrogens with zero attached hydrogens (tertiary/aromatic N) is 1. The highest BCUT2D eigenvalue weighted by Crippen LogP contribution is 2.42. The Morgan fingerprint density at radius 2 is 1.77 bits per heavy atom. The van der Waals surface area contributed by atoms with Gasteiger partial charge in [-0.15, -0.1) is 0 Å². The molecule has 0 N–H and O–H groups in total. The molecule has 3 rings (SSSR count). The van der Waals surface area contributed by atoms with Crippen molar-refractivity contribution in [1.82, 2.24) is 0 Å². The first-order valence-corrected chi connectivity index (χ1v) is 6.51. The lowest BCUT2D eigenvalue weighted by molar-refractivity contribution is -0.151. The molecule has 0 amide bonds. The first-order chi connectivity index (χ1) is 10.4. The summed E-state index contributed by atoms with van der Waals surface area (Å²) in [6, 6.07) is 13.2. The molecule has 0 aliphatic rings. The molecule has 0 aliphatic carbocycles. The van der Waals surface area contributed by atoms with Crippen LogP contribution in [0.3, 0.4) is 0 Å². The third kappa shape index (κ3) is 2.23. The number of hydrogen-bond acceptors (Lipinski definition) is 2. The topological polar surface area (TPSA) is 36.9 Å². The first kappa shape index (κ1) is 14.2. The Labute approximate surface area is 124 Å². The molecule has 0 unspecified atom stereocenters. The predicted octanol–water partition coefficient (Wildman–Crippen LogP) is 5.30. The predicted molar refractivity (Wildman–Crippen MR) is 76.1 cm³/mol. The van der Waals surface area contributed by atoms with Crippen molar-refractivity contribution in [2.75, 3.05) is 0 Å². The van der Waals surface area contributed by atoms with Crippen LogP contribution in [0, 0.1) is 18.3 Å². The molecule has 0 saturated heterocycles. The van der Waals surface area contributed by atoms with Crippen LogP contribution in [-0.4, -0.2) is 0 Å². The van der Waals surface area contributed by atoms with E-state index in [0.29, 0.717) is 16.5 Å². The molecule has 0 fully saturated rings. The number of nitriles is 1. The van der Waals surface area contributed by atoms with E-state index in [9.17, 15) is 13.2 Å². The minimum Gasteiger partial charge on any atom is -0.450 e. The van der Waals surface area contributed by atoms with E-state index in [-0.39, 0.29) is 16.7 Å². The lowest BCUT2D eigenvalue weighted by Gasteiger charge is -2.03. The Morgan fingerprint density at radius 3 is 2.45 bits per heavy atom. The third-order valence-corrected chi connectivity index (χ3v) is 3.42. The highest BCUT2D eigenvalue weighted by Gasteiger charge is 2.38. The molecule has 2 nitrogen and oxygen atoms in total.